The maximum atomic E-state index is 12.4. The number of fused-ring (bicyclic) bond motifs is 1. The fourth-order valence-corrected chi connectivity index (χ4v) is 4.08. The van der Waals surface area contributed by atoms with Gasteiger partial charge in [-0.05, 0) is 42.3 Å². The summed E-state index contributed by atoms with van der Waals surface area (Å²) >= 11 is 0. The van der Waals surface area contributed by atoms with Crippen LogP contribution in [0.4, 0.5) is 11.4 Å². The predicted molar refractivity (Wildman–Crippen MR) is 104 cm³/mol. The Morgan fingerprint density at radius 2 is 1.93 bits per heavy atom. The Morgan fingerprint density at radius 3 is 2.71 bits per heavy atom. The average molecular weight is 373 g/mol. The first-order valence-corrected chi connectivity index (χ1v) is 9.39. The van der Waals surface area contributed by atoms with Crippen LogP contribution in [0.3, 0.4) is 0 Å². The molecule has 0 bridgehead atoms. The smallest absolute Gasteiger partial charge is 0.233 e. The Hall–Kier alpha value is -3.48. The quantitative estimate of drug-likeness (QED) is 0.766. The molecule has 28 heavy (non-hydrogen) atoms. The molecule has 0 aliphatic carbocycles. The molecule has 7 heteroatoms. The number of aromatic nitrogens is 3. The van der Waals surface area contributed by atoms with Gasteiger partial charge in [-0.2, -0.15) is 0 Å². The van der Waals surface area contributed by atoms with Crippen LogP contribution in [-0.2, 0) is 9.59 Å². The maximum Gasteiger partial charge on any atom is 0.233 e. The third kappa shape index (κ3) is 2.76. The third-order valence-electron chi connectivity index (χ3n) is 5.37. The molecule has 1 atom stereocenters. The zero-order valence-electron chi connectivity index (χ0n) is 15.2. The van der Waals surface area contributed by atoms with Gasteiger partial charge in [-0.3, -0.25) is 14.2 Å². The topological polar surface area (TPSA) is 80.1 Å². The minimum atomic E-state index is -0.106. The van der Waals surface area contributed by atoms with E-state index in [9.17, 15) is 9.59 Å². The first-order valence-electron chi connectivity index (χ1n) is 9.39. The first-order chi connectivity index (χ1) is 13.7. The Labute approximate surface area is 162 Å². The minimum absolute atomic E-state index is 0.0378. The van der Waals surface area contributed by atoms with Crippen LogP contribution in [0.2, 0.25) is 0 Å². The van der Waals surface area contributed by atoms with E-state index in [1.165, 1.54) is 0 Å². The largest absolute Gasteiger partial charge is 0.326 e. The number of anilines is 2. The molecule has 7 nitrogen and oxygen atoms in total. The second kappa shape index (κ2) is 6.60. The number of carbonyl (C=O) groups excluding carboxylic acids is 2. The van der Waals surface area contributed by atoms with Crippen molar-refractivity contribution in [2.24, 2.45) is 0 Å². The molecule has 1 N–H and O–H groups in total. The van der Waals surface area contributed by atoms with Gasteiger partial charge < -0.3 is 10.2 Å². The van der Waals surface area contributed by atoms with E-state index in [4.69, 9.17) is 0 Å². The van der Waals surface area contributed by atoms with Gasteiger partial charge in [0.1, 0.15) is 0 Å². The molecule has 2 aromatic heterocycles. The van der Waals surface area contributed by atoms with Gasteiger partial charge in [-0.15, -0.1) is 0 Å². The highest BCUT2D eigenvalue weighted by Gasteiger charge is 2.30. The number of rotatable bonds is 3. The van der Waals surface area contributed by atoms with Crippen molar-refractivity contribution in [3.63, 3.8) is 0 Å². The molecular weight excluding hydrogens is 354 g/mol. The van der Waals surface area contributed by atoms with Gasteiger partial charge >= 0.3 is 0 Å². The van der Waals surface area contributed by atoms with Crippen molar-refractivity contribution in [3.05, 3.63) is 66.2 Å². The molecule has 2 aliphatic heterocycles. The zero-order chi connectivity index (χ0) is 19.1. The lowest BCUT2D eigenvalue weighted by atomic mass is 9.87. The lowest BCUT2D eigenvalue weighted by molar-refractivity contribution is -0.117. The van der Waals surface area contributed by atoms with Crippen molar-refractivity contribution in [2.75, 3.05) is 16.8 Å². The molecular formula is C21H19N5O2. The molecule has 140 valence electrons. The summed E-state index contributed by atoms with van der Waals surface area (Å²) < 4.78 is 1.92. The number of carbonyl (C=O) groups is 2. The van der Waals surface area contributed by atoms with Crippen LogP contribution in [0.25, 0.3) is 5.95 Å². The van der Waals surface area contributed by atoms with Crippen LogP contribution in [-0.4, -0.2) is 32.9 Å². The van der Waals surface area contributed by atoms with Crippen molar-refractivity contribution in [1.29, 1.82) is 0 Å². The fraction of sp³-hybridized carbons (Fsp3) is 0.238. The number of nitrogens with zero attached hydrogens (tertiary/aromatic N) is 4. The summed E-state index contributed by atoms with van der Waals surface area (Å²) in [7, 11) is 0. The van der Waals surface area contributed by atoms with Crippen LogP contribution >= 0.6 is 0 Å². The zero-order valence-corrected chi connectivity index (χ0v) is 15.2. The Kier molecular flexibility index (Phi) is 3.93. The van der Waals surface area contributed by atoms with Crippen LogP contribution in [0, 0.1) is 0 Å². The molecule has 0 saturated carbocycles. The van der Waals surface area contributed by atoms with Crippen molar-refractivity contribution in [1.82, 2.24) is 14.5 Å². The summed E-state index contributed by atoms with van der Waals surface area (Å²) in [5.74, 6) is 0.568. The van der Waals surface area contributed by atoms with Gasteiger partial charge in [0.2, 0.25) is 17.8 Å². The summed E-state index contributed by atoms with van der Waals surface area (Å²) in [6.45, 7) is 0.725. The van der Waals surface area contributed by atoms with E-state index in [0.29, 0.717) is 18.8 Å². The second-order valence-corrected chi connectivity index (χ2v) is 7.08. The molecule has 0 spiro atoms. The lowest BCUT2D eigenvalue weighted by Gasteiger charge is -2.28. The summed E-state index contributed by atoms with van der Waals surface area (Å²) in [6.07, 6.45) is 7.12. The number of amides is 2. The summed E-state index contributed by atoms with van der Waals surface area (Å²) in [5, 5.41) is 2.97. The van der Waals surface area contributed by atoms with E-state index in [2.05, 4.69) is 15.3 Å². The molecule has 4 heterocycles. The van der Waals surface area contributed by atoms with Crippen LogP contribution in [0.15, 0.2) is 55.0 Å². The van der Waals surface area contributed by atoms with E-state index < -0.39 is 0 Å². The molecule has 5 rings (SSSR count). The Balaban J connectivity index is 1.56. The normalized spacial score (nSPS) is 18.9. The van der Waals surface area contributed by atoms with Gasteiger partial charge in [0.15, 0.2) is 0 Å². The van der Waals surface area contributed by atoms with Crippen molar-refractivity contribution in [3.8, 4) is 5.95 Å². The Bertz CT molecular complexity index is 1060. The second-order valence-electron chi connectivity index (χ2n) is 7.08. The average Bonchev–Trinajstić information content (AvgIpc) is 3.36. The molecule has 0 radical (unpaired) electrons. The van der Waals surface area contributed by atoms with E-state index in [1.807, 2.05) is 41.1 Å². The molecule has 1 aromatic carbocycles. The standard InChI is InChI=1S/C21H19N5O2/c27-19-13-16(18-4-1-11-26(18)21-22-8-3-9-23-21)15-7-6-14(12-17(15)24-19)25-10-2-5-20(25)28/h1,3-4,6-9,11-12,16H,2,5,10,13H2,(H,24,27). The molecule has 2 aliphatic rings. The van der Waals surface area contributed by atoms with Gasteiger partial charge in [0.25, 0.3) is 0 Å². The molecule has 1 unspecified atom stereocenters. The van der Waals surface area contributed by atoms with Crippen molar-refractivity contribution < 1.29 is 9.59 Å². The molecule has 2 amide bonds. The summed E-state index contributed by atoms with van der Waals surface area (Å²) in [5.41, 5.74) is 3.60. The van der Waals surface area contributed by atoms with E-state index in [0.717, 1.165) is 35.6 Å². The highest BCUT2D eigenvalue weighted by molar-refractivity contribution is 5.99. The number of benzene rings is 1. The van der Waals surface area contributed by atoms with Crippen molar-refractivity contribution in [2.45, 2.75) is 25.2 Å². The van der Waals surface area contributed by atoms with Gasteiger partial charge in [-0.25, -0.2) is 9.97 Å². The highest BCUT2D eigenvalue weighted by atomic mass is 16.2. The Morgan fingerprint density at radius 1 is 1.07 bits per heavy atom. The van der Waals surface area contributed by atoms with Gasteiger partial charge in [0.05, 0.1) is 0 Å². The molecule has 1 fully saturated rings. The first kappa shape index (κ1) is 16.7. The monoisotopic (exact) mass is 373 g/mol. The fourth-order valence-electron chi connectivity index (χ4n) is 4.08. The predicted octanol–water partition coefficient (Wildman–Crippen LogP) is 2.87. The summed E-state index contributed by atoms with van der Waals surface area (Å²) in [4.78, 5) is 35.0. The third-order valence-corrected chi connectivity index (χ3v) is 5.37. The lowest BCUT2D eigenvalue weighted by Crippen LogP contribution is -2.27. The SMILES string of the molecule is O=C1CC(c2cccn2-c2ncccn2)c2ccc(N3CCCC3=O)cc2N1. The maximum absolute atomic E-state index is 12.4. The van der Waals surface area contributed by atoms with E-state index >= 15 is 0 Å². The van der Waals surface area contributed by atoms with E-state index in [-0.39, 0.29) is 17.7 Å². The number of nitrogens with one attached hydrogen (secondary N) is 1. The highest BCUT2D eigenvalue weighted by Crippen LogP contribution is 2.40. The minimum Gasteiger partial charge on any atom is -0.326 e. The summed E-state index contributed by atoms with van der Waals surface area (Å²) in [6, 6.07) is 11.6. The molecule has 1 saturated heterocycles. The van der Waals surface area contributed by atoms with Gasteiger partial charge in [-0.1, -0.05) is 6.07 Å². The van der Waals surface area contributed by atoms with Crippen LogP contribution in [0.1, 0.15) is 36.4 Å². The van der Waals surface area contributed by atoms with Crippen LogP contribution < -0.4 is 10.2 Å². The number of hydrogen-bond donors (Lipinski definition) is 1. The van der Waals surface area contributed by atoms with Crippen LogP contribution in [0.5, 0.6) is 0 Å². The van der Waals surface area contributed by atoms with Gasteiger partial charge in [0, 0.05) is 61.0 Å². The molecule has 3 aromatic rings. The van der Waals surface area contributed by atoms with Crippen molar-refractivity contribution >= 4 is 23.2 Å². The number of hydrogen-bond acceptors (Lipinski definition) is 4. The van der Waals surface area contributed by atoms with E-state index in [1.54, 1.807) is 23.4 Å².